The second-order valence-corrected chi connectivity index (χ2v) is 7.51. The fourth-order valence-corrected chi connectivity index (χ4v) is 2.59. The van der Waals surface area contributed by atoms with Gasteiger partial charge in [-0.25, -0.2) is 13.9 Å². The molecule has 0 aliphatic rings. The molecule has 148 valence electrons. The number of hydrogen-bond donors (Lipinski definition) is 1. The van der Waals surface area contributed by atoms with Crippen molar-refractivity contribution in [3.8, 4) is 0 Å². The molecule has 28 heavy (non-hydrogen) atoms. The molecule has 0 saturated carbocycles. The molecule has 0 radical (unpaired) electrons. The van der Waals surface area contributed by atoms with Gasteiger partial charge in [-0.05, 0) is 30.7 Å². The summed E-state index contributed by atoms with van der Waals surface area (Å²) in [6.45, 7) is 6.91. The third-order valence-corrected chi connectivity index (χ3v) is 4.09. The van der Waals surface area contributed by atoms with Gasteiger partial charge in [-0.3, -0.25) is 4.79 Å². The van der Waals surface area contributed by atoms with Crippen LogP contribution in [0.15, 0.2) is 30.3 Å². The van der Waals surface area contributed by atoms with Crippen LogP contribution >= 0.6 is 0 Å². The van der Waals surface area contributed by atoms with Crippen molar-refractivity contribution < 1.29 is 22.4 Å². The fourth-order valence-electron chi connectivity index (χ4n) is 2.59. The van der Waals surface area contributed by atoms with E-state index in [4.69, 9.17) is 0 Å². The Bertz CT molecular complexity index is 1060. The van der Waals surface area contributed by atoms with Gasteiger partial charge in [0.25, 0.3) is 5.91 Å². The van der Waals surface area contributed by atoms with Crippen LogP contribution in [0.2, 0.25) is 0 Å². The van der Waals surface area contributed by atoms with Gasteiger partial charge in [-0.15, -0.1) is 0 Å². The van der Waals surface area contributed by atoms with Crippen LogP contribution in [0.5, 0.6) is 0 Å². The highest BCUT2D eigenvalue weighted by Crippen LogP contribution is 2.32. The maximum Gasteiger partial charge on any atom is 0.433 e. The number of nitrogens with one attached hydrogen (secondary N) is 1. The van der Waals surface area contributed by atoms with Gasteiger partial charge in [0.15, 0.2) is 11.3 Å². The summed E-state index contributed by atoms with van der Waals surface area (Å²) >= 11 is 0. The van der Waals surface area contributed by atoms with E-state index in [9.17, 15) is 22.4 Å². The quantitative estimate of drug-likeness (QED) is 0.639. The molecule has 2 heterocycles. The number of aromatic nitrogens is 3. The van der Waals surface area contributed by atoms with Crippen LogP contribution in [0, 0.1) is 12.7 Å². The van der Waals surface area contributed by atoms with Crippen molar-refractivity contribution >= 4 is 17.2 Å². The maximum absolute atomic E-state index is 13.9. The number of halogens is 4. The van der Waals surface area contributed by atoms with Gasteiger partial charge in [-0.1, -0.05) is 26.8 Å². The third-order valence-electron chi connectivity index (χ3n) is 4.09. The molecule has 1 aromatic carbocycles. The van der Waals surface area contributed by atoms with Crippen LogP contribution in [0.4, 0.5) is 23.2 Å². The monoisotopic (exact) mass is 394 g/mol. The number of nitrogens with zero attached hydrogens (tertiary/aromatic N) is 3. The Kier molecular flexibility index (Phi) is 4.64. The molecule has 1 N–H and O–H groups in total. The highest BCUT2D eigenvalue weighted by Gasteiger charge is 2.36. The predicted molar refractivity (Wildman–Crippen MR) is 95.8 cm³/mol. The zero-order valence-corrected chi connectivity index (χ0v) is 15.6. The van der Waals surface area contributed by atoms with Gasteiger partial charge in [0.2, 0.25) is 0 Å². The van der Waals surface area contributed by atoms with Gasteiger partial charge >= 0.3 is 6.18 Å². The summed E-state index contributed by atoms with van der Waals surface area (Å²) in [7, 11) is 0. The van der Waals surface area contributed by atoms with Crippen molar-refractivity contribution in [2.75, 3.05) is 5.32 Å². The minimum Gasteiger partial charge on any atom is -0.318 e. The third kappa shape index (κ3) is 3.83. The topological polar surface area (TPSA) is 59.3 Å². The summed E-state index contributed by atoms with van der Waals surface area (Å²) in [4.78, 5) is 16.6. The van der Waals surface area contributed by atoms with E-state index in [1.54, 1.807) is 27.7 Å². The number of carbonyl (C=O) groups excluding carboxylic acids is 1. The Balaban J connectivity index is 2.08. The molecule has 0 aliphatic heterocycles. The van der Waals surface area contributed by atoms with Crippen molar-refractivity contribution in [3.63, 3.8) is 0 Å². The summed E-state index contributed by atoms with van der Waals surface area (Å²) in [5.41, 5.74) is -1.25. The highest BCUT2D eigenvalue weighted by atomic mass is 19.4. The lowest BCUT2D eigenvalue weighted by atomic mass is 9.91. The standard InChI is InChI=1S/C19H18F4N4O/c1-10-5-6-11(20)12(7-10)24-17(28)13-8-16-25-14(18(2,3)4)9-15(19(21,22)23)27(16)26-13/h5-9H,1-4H3,(H,24,28). The minimum atomic E-state index is -4.69. The van der Waals surface area contributed by atoms with E-state index in [-0.39, 0.29) is 22.7 Å². The Labute approximate surface area is 158 Å². The van der Waals surface area contributed by atoms with Crippen LogP contribution in [-0.4, -0.2) is 20.5 Å². The molecule has 3 aromatic rings. The summed E-state index contributed by atoms with van der Waals surface area (Å²) in [5.74, 6) is -1.49. The summed E-state index contributed by atoms with van der Waals surface area (Å²) < 4.78 is 54.9. The average Bonchev–Trinajstić information content (AvgIpc) is 2.99. The number of carbonyl (C=O) groups is 1. The van der Waals surface area contributed by atoms with Gasteiger partial charge in [0, 0.05) is 11.5 Å². The van der Waals surface area contributed by atoms with E-state index < -0.39 is 29.0 Å². The molecule has 1 amide bonds. The van der Waals surface area contributed by atoms with Gasteiger partial charge < -0.3 is 5.32 Å². The molecule has 9 heteroatoms. The molecule has 0 aliphatic carbocycles. The number of rotatable bonds is 2. The first-order chi connectivity index (χ1) is 12.9. The molecule has 3 rings (SSSR count). The fraction of sp³-hybridized carbons (Fsp3) is 0.316. The second-order valence-electron chi connectivity index (χ2n) is 7.51. The first kappa shape index (κ1) is 19.8. The second kappa shape index (κ2) is 6.57. The van der Waals surface area contributed by atoms with Gasteiger partial charge in [-0.2, -0.15) is 18.3 Å². The zero-order chi connectivity index (χ0) is 20.9. The smallest absolute Gasteiger partial charge is 0.318 e. The van der Waals surface area contributed by atoms with E-state index in [0.29, 0.717) is 10.1 Å². The SMILES string of the molecule is Cc1ccc(F)c(NC(=O)c2cc3nc(C(C)(C)C)cc(C(F)(F)F)n3n2)c1. The molecular weight excluding hydrogens is 376 g/mol. The predicted octanol–water partition coefficient (Wildman–Crippen LogP) is 4.75. The van der Waals surface area contributed by atoms with Crippen molar-refractivity contribution in [1.82, 2.24) is 14.6 Å². The Morgan fingerprint density at radius 1 is 1.11 bits per heavy atom. The number of aryl methyl sites for hydroxylation is 1. The number of anilines is 1. The molecule has 0 spiro atoms. The van der Waals surface area contributed by atoms with Gasteiger partial charge in [0.1, 0.15) is 11.5 Å². The van der Waals surface area contributed by atoms with Crippen molar-refractivity contribution in [1.29, 1.82) is 0 Å². The Hall–Kier alpha value is -2.97. The van der Waals surface area contributed by atoms with Crippen LogP contribution < -0.4 is 5.32 Å². The maximum atomic E-state index is 13.9. The Morgan fingerprint density at radius 3 is 2.39 bits per heavy atom. The number of alkyl halides is 3. The number of hydrogen-bond acceptors (Lipinski definition) is 3. The summed E-state index contributed by atoms with van der Waals surface area (Å²) in [5, 5.41) is 6.08. The first-order valence-electron chi connectivity index (χ1n) is 8.42. The largest absolute Gasteiger partial charge is 0.433 e. The van der Waals surface area contributed by atoms with E-state index in [2.05, 4.69) is 15.4 Å². The average molecular weight is 394 g/mol. The molecule has 0 fully saturated rings. The van der Waals surface area contributed by atoms with Crippen LogP contribution in [0.1, 0.15) is 48.2 Å². The molecule has 0 bridgehead atoms. The van der Waals surface area contributed by atoms with Crippen molar-refractivity contribution in [3.05, 3.63) is 58.8 Å². The van der Waals surface area contributed by atoms with Crippen LogP contribution in [0.25, 0.3) is 5.65 Å². The van der Waals surface area contributed by atoms with Crippen LogP contribution in [-0.2, 0) is 11.6 Å². The summed E-state index contributed by atoms with van der Waals surface area (Å²) in [6, 6.07) is 6.20. The lowest BCUT2D eigenvalue weighted by Gasteiger charge is -2.19. The highest BCUT2D eigenvalue weighted by molar-refractivity contribution is 6.03. The van der Waals surface area contributed by atoms with Gasteiger partial charge in [0.05, 0.1) is 11.4 Å². The lowest BCUT2D eigenvalue weighted by Crippen LogP contribution is -2.20. The Morgan fingerprint density at radius 2 is 1.79 bits per heavy atom. The first-order valence-corrected chi connectivity index (χ1v) is 8.42. The van der Waals surface area contributed by atoms with E-state index in [1.165, 1.54) is 18.2 Å². The normalized spacial score (nSPS) is 12.4. The molecule has 5 nitrogen and oxygen atoms in total. The van der Waals surface area contributed by atoms with E-state index in [0.717, 1.165) is 12.1 Å². The molecule has 0 unspecified atom stereocenters. The zero-order valence-electron chi connectivity index (χ0n) is 15.6. The number of amides is 1. The van der Waals surface area contributed by atoms with E-state index >= 15 is 0 Å². The number of benzene rings is 1. The molecule has 0 atom stereocenters. The number of fused-ring (bicyclic) bond motifs is 1. The minimum absolute atomic E-state index is 0.0820. The van der Waals surface area contributed by atoms with E-state index in [1.807, 2.05) is 0 Å². The van der Waals surface area contributed by atoms with Crippen LogP contribution in [0.3, 0.4) is 0 Å². The molecule has 0 saturated heterocycles. The van der Waals surface area contributed by atoms with Crippen molar-refractivity contribution in [2.45, 2.75) is 39.3 Å². The molecular formula is C19H18F4N4O. The summed E-state index contributed by atoms with van der Waals surface area (Å²) in [6.07, 6.45) is -4.69. The lowest BCUT2D eigenvalue weighted by molar-refractivity contribution is -0.142. The molecule has 2 aromatic heterocycles. The van der Waals surface area contributed by atoms with Crippen molar-refractivity contribution in [2.24, 2.45) is 0 Å².